The maximum atomic E-state index is 12.4. The Bertz CT molecular complexity index is 974. The molecular formula is C19H19N3O6. The van der Waals surface area contributed by atoms with E-state index in [4.69, 9.17) is 18.6 Å². The summed E-state index contributed by atoms with van der Waals surface area (Å²) >= 11 is 0. The molecule has 0 bridgehead atoms. The van der Waals surface area contributed by atoms with Crippen molar-refractivity contribution in [2.24, 2.45) is 7.05 Å². The zero-order chi connectivity index (χ0) is 20.1. The van der Waals surface area contributed by atoms with Crippen molar-refractivity contribution in [2.45, 2.75) is 6.61 Å². The number of nitrogens with one attached hydrogen (secondary N) is 1. The van der Waals surface area contributed by atoms with Crippen molar-refractivity contribution in [1.82, 2.24) is 9.78 Å². The van der Waals surface area contributed by atoms with Crippen molar-refractivity contribution in [2.75, 3.05) is 19.5 Å². The minimum atomic E-state index is -0.608. The summed E-state index contributed by atoms with van der Waals surface area (Å²) in [5, 5.41) is 6.55. The number of furan rings is 1. The monoisotopic (exact) mass is 385 g/mol. The van der Waals surface area contributed by atoms with Crippen LogP contribution in [0.4, 0.5) is 5.69 Å². The molecule has 0 saturated carbocycles. The average Bonchev–Trinajstić information content (AvgIpc) is 3.33. The number of aromatic nitrogens is 2. The first-order valence-electron chi connectivity index (χ1n) is 8.29. The highest BCUT2D eigenvalue weighted by atomic mass is 16.5. The largest absolute Gasteiger partial charge is 0.497 e. The lowest BCUT2D eigenvalue weighted by atomic mass is 10.3. The third kappa shape index (κ3) is 4.14. The minimum absolute atomic E-state index is 0.0769. The number of anilines is 1. The van der Waals surface area contributed by atoms with E-state index < -0.39 is 11.9 Å². The highest BCUT2D eigenvalue weighted by molar-refractivity contribution is 6.06. The van der Waals surface area contributed by atoms with Gasteiger partial charge in [0.25, 0.3) is 5.91 Å². The first-order chi connectivity index (χ1) is 13.5. The fourth-order valence-corrected chi connectivity index (χ4v) is 2.46. The Kier molecular flexibility index (Phi) is 5.64. The second kappa shape index (κ2) is 8.30. The number of amides is 1. The third-order valence-electron chi connectivity index (χ3n) is 3.89. The fraction of sp³-hybridized carbons (Fsp3) is 0.211. The average molecular weight is 385 g/mol. The van der Waals surface area contributed by atoms with E-state index in [1.165, 1.54) is 24.1 Å². The standard InChI is InChI=1S/C19H19N3O6/c1-22-17(19(24)26-3)15(10-20-22)21-18(23)16-9-8-14(28-16)11-27-13-6-4-12(25-2)5-7-13/h4-10H,11H2,1-3H3,(H,21,23). The third-order valence-corrected chi connectivity index (χ3v) is 3.89. The predicted molar refractivity (Wildman–Crippen MR) is 98.5 cm³/mol. The van der Waals surface area contributed by atoms with Gasteiger partial charge in [0, 0.05) is 7.05 Å². The van der Waals surface area contributed by atoms with E-state index >= 15 is 0 Å². The molecule has 1 N–H and O–H groups in total. The quantitative estimate of drug-likeness (QED) is 0.623. The van der Waals surface area contributed by atoms with Gasteiger partial charge >= 0.3 is 5.97 Å². The zero-order valence-electron chi connectivity index (χ0n) is 15.6. The number of benzene rings is 1. The highest BCUT2D eigenvalue weighted by Gasteiger charge is 2.21. The second-order valence-electron chi connectivity index (χ2n) is 5.71. The summed E-state index contributed by atoms with van der Waals surface area (Å²) < 4.78 is 22.2. The summed E-state index contributed by atoms with van der Waals surface area (Å²) in [7, 11) is 4.41. The van der Waals surface area contributed by atoms with Crippen molar-refractivity contribution in [3.63, 3.8) is 0 Å². The Hall–Kier alpha value is -3.75. The van der Waals surface area contributed by atoms with Crippen LogP contribution in [0.2, 0.25) is 0 Å². The van der Waals surface area contributed by atoms with Crippen LogP contribution in [0, 0.1) is 0 Å². The Morgan fingerprint density at radius 3 is 2.50 bits per heavy atom. The van der Waals surface area contributed by atoms with Crippen LogP contribution in [-0.2, 0) is 18.4 Å². The Morgan fingerprint density at radius 1 is 1.11 bits per heavy atom. The number of hydrogen-bond donors (Lipinski definition) is 1. The molecule has 0 aliphatic carbocycles. The van der Waals surface area contributed by atoms with Crippen molar-refractivity contribution < 1.29 is 28.2 Å². The van der Waals surface area contributed by atoms with Crippen LogP contribution < -0.4 is 14.8 Å². The molecule has 146 valence electrons. The van der Waals surface area contributed by atoms with Gasteiger partial charge in [0.1, 0.15) is 23.9 Å². The van der Waals surface area contributed by atoms with Crippen LogP contribution in [0.1, 0.15) is 26.8 Å². The molecule has 0 radical (unpaired) electrons. The molecule has 1 aromatic carbocycles. The number of aryl methyl sites for hydroxylation is 1. The number of carbonyl (C=O) groups excluding carboxylic acids is 2. The Morgan fingerprint density at radius 2 is 1.82 bits per heavy atom. The lowest BCUT2D eigenvalue weighted by Crippen LogP contribution is -2.16. The predicted octanol–water partition coefficient (Wildman–Crippen LogP) is 2.64. The fourth-order valence-electron chi connectivity index (χ4n) is 2.46. The van der Waals surface area contributed by atoms with E-state index in [9.17, 15) is 9.59 Å². The maximum Gasteiger partial charge on any atom is 0.358 e. The maximum absolute atomic E-state index is 12.4. The first-order valence-corrected chi connectivity index (χ1v) is 8.29. The van der Waals surface area contributed by atoms with Gasteiger partial charge in [-0.05, 0) is 36.4 Å². The lowest BCUT2D eigenvalue weighted by molar-refractivity contribution is 0.0589. The van der Waals surface area contributed by atoms with Gasteiger partial charge < -0.3 is 23.9 Å². The van der Waals surface area contributed by atoms with Gasteiger partial charge in [-0.3, -0.25) is 9.48 Å². The molecule has 0 atom stereocenters. The molecule has 3 rings (SSSR count). The number of carbonyl (C=O) groups is 2. The molecule has 1 amide bonds. The first kappa shape index (κ1) is 19.0. The van der Waals surface area contributed by atoms with Crippen LogP contribution >= 0.6 is 0 Å². The van der Waals surface area contributed by atoms with Crippen molar-refractivity contribution in [3.8, 4) is 11.5 Å². The van der Waals surface area contributed by atoms with Gasteiger partial charge in [-0.15, -0.1) is 0 Å². The summed E-state index contributed by atoms with van der Waals surface area (Å²) in [6, 6.07) is 10.3. The Labute approximate surface area is 160 Å². The molecule has 2 heterocycles. The van der Waals surface area contributed by atoms with E-state index in [1.54, 1.807) is 44.5 Å². The van der Waals surface area contributed by atoms with Crippen LogP contribution in [0.3, 0.4) is 0 Å². The second-order valence-corrected chi connectivity index (χ2v) is 5.71. The molecule has 0 aliphatic rings. The van der Waals surface area contributed by atoms with Crippen LogP contribution in [-0.4, -0.2) is 35.9 Å². The summed E-state index contributed by atoms with van der Waals surface area (Å²) in [6.07, 6.45) is 1.36. The number of ether oxygens (including phenoxy) is 3. The lowest BCUT2D eigenvalue weighted by Gasteiger charge is -2.06. The van der Waals surface area contributed by atoms with E-state index in [1.807, 2.05) is 0 Å². The van der Waals surface area contributed by atoms with E-state index in [2.05, 4.69) is 10.4 Å². The van der Waals surface area contributed by atoms with Crippen molar-refractivity contribution in [3.05, 3.63) is 59.8 Å². The van der Waals surface area contributed by atoms with Crippen LogP contribution in [0.5, 0.6) is 11.5 Å². The number of rotatable bonds is 7. The molecule has 0 saturated heterocycles. The van der Waals surface area contributed by atoms with E-state index in [-0.39, 0.29) is 23.7 Å². The summed E-state index contributed by atoms with van der Waals surface area (Å²) in [4.78, 5) is 24.2. The summed E-state index contributed by atoms with van der Waals surface area (Å²) in [5.74, 6) is 0.790. The van der Waals surface area contributed by atoms with Gasteiger partial charge in [0.05, 0.1) is 26.1 Å². The normalized spacial score (nSPS) is 10.4. The molecule has 28 heavy (non-hydrogen) atoms. The number of methoxy groups -OCH3 is 2. The van der Waals surface area contributed by atoms with Crippen LogP contribution in [0.25, 0.3) is 0 Å². The molecular weight excluding hydrogens is 366 g/mol. The van der Waals surface area contributed by atoms with Crippen molar-refractivity contribution >= 4 is 17.6 Å². The molecule has 2 aromatic heterocycles. The zero-order valence-corrected chi connectivity index (χ0v) is 15.6. The van der Waals surface area contributed by atoms with Gasteiger partial charge in [-0.2, -0.15) is 5.10 Å². The molecule has 0 fully saturated rings. The smallest absolute Gasteiger partial charge is 0.358 e. The van der Waals surface area contributed by atoms with Gasteiger partial charge in [-0.1, -0.05) is 0 Å². The number of esters is 1. The molecule has 3 aromatic rings. The summed E-state index contributed by atoms with van der Waals surface area (Å²) in [5.41, 5.74) is 0.359. The van der Waals surface area contributed by atoms with Crippen molar-refractivity contribution in [1.29, 1.82) is 0 Å². The molecule has 0 unspecified atom stereocenters. The Balaban J connectivity index is 1.63. The number of nitrogens with zero attached hydrogens (tertiary/aromatic N) is 2. The molecule has 0 spiro atoms. The van der Waals surface area contributed by atoms with Crippen LogP contribution in [0.15, 0.2) is 47.0 Å². The van der Waals surface area contributed by atoms with E-state index in [0.29, 0.717) is 11.5 Å². The molecule has 9 nitrogen and oxygen atoms in total. The highest BCUT2D eigenvalue weighted by Crippen LogP contribution is 2.20. The topological polar surface area (TPSA) is 105 Å². The summed E-state index contributed by atoms with van der Waals surface area (Å²) in [6.45, 7) is 0.153. The number of hydrogen-bond acceptors (Lipinski definition) is 7. The van der Waals surface area contributed by atoms with Gasteiger partial charge in [0.2, 0.25) is 0 Å². The molecule has 0 aliphatic heterocycles. The van der Waals surface area contributed by atoms with Gasteiger partial charge in [-0.25, -0.2) is 4.79 Å². The van der Waals surface area contributed by atoms with E-state index in [0.717, 1.165) is 5.75 Å². The minimum Gasteiger partial charge on any atom is -0.497 e. The SMILES string of the molecule is COC(=O)c1c(NC(=O)c2ccc(COc3ccc(OC)cc3)o2)cnn1C. The van der Waals surface area contributed by atoms with Gasteiger partial charge in [0.15, 0.2) is 11.5 Å². The molecule has 9 heteroatoms.